The third-order valence-corrected chi connectivity index (χ3v) is 3.66. The molecule has 3 heteroatoms. The quantitative estimate of drug-likeness (QED) is 0.852. The molecule has 2 unspecified atom stereocenters. The Morgan fingerprint density at radius 2 is 2.18 bits per heavy atom. The summed E-state index contributed by atoms with van der Waals surface area (Å²) in [6.07, 6.45) is 4.30. The van der Waals surface area contributed by atoms with Crippen LogP contribution in [0.25, 0.3) is 0 Å². The molecule has 0 amide bonds. The molecular formula is C14H23N3. The van der Waals surface area contributed by atoms with Gasteiger partial charge in [0.1, 0.15) is 0 Å². The van der Waals surface area contributed by atoms with Gasteiger partial charge in [0.2, 0.25) is 0 Å². The maximum Gasteiger partial charge on any atom is 0.0517 e. The van der Waals surface area contributed by atoms with Gasteiger partial charge in [0.25, 0.3) is 0 Å². The van der Waals surface area contributed by atoms with Crippen molar-refractivity contribution in [2.24, 2.45) is 5.73 Å². The molecule has 17 heavy (non-hydrogen) atoms. The van der Waals surface area contributed by atoms with Crippen LogP contribution in [0.4, 0.5) is 0 Å². The van der Waals surface area contributed by atoms with Crippen LogP contribution in [0.3, 0.4) is 0 Å². The van der Waals surface area contributed by atoms with Gasteiger partial charge in [-0.2, -0.15) is 0 Å². The van der Waals surface area contributed by atoms with E-state index in [9.17, 15) is 0 Å². The molecule has 1 aromatic rings. The summed E-state index contributed by atoms with van der Waals surface area (Å²) < 4.78 is 0. The summed E-state index contributed by atoms with van der Waals surface area (Å²) in [6, 6.07) is 5.35. The van der Waals surface area contributed by atoms with Gasteiger partial charge in [-0.3, -0.25) is 9.88 Å². The molecule has 2 N–H and O–H groups in total. The molecule has 0 saturated carbocycles. The number of aryl methyl sites for hydroxylation is 1. The maximum absolute atomic E-state index is 6.31. The van der Waals surface area contributed by atoms with Crippen LogP contribution >= 0.6 is 0 Å². The monoisotopic (exact) mass is 233 g/mol. The van der Waals surface area contributed by atoms with Crippen LogP contribution in [0.15, 0.2) is 18.3 Å². The Hall–Kier alpha value is -0.930. The zero-order valence-corrected chi connectivity index (χ0v) is 11.1. The summed E-state index contributed by atoms with van der Waals surface area (Å²) in [5, 5.41) is 0. The predicted molar refractivity (Wildman–Crippen MR) is 70.8 cm³/mol. The van der Waals surface area contributed by atoms with Gasteiger partial charge < -0.3 is 5.73 Å². The molecule has 0 spiro atoms. The molecule has 0 radical (unpaired) electrons. The normalized spacial score (nSPS) is 26.4. The summed E-state index contributed by atoms with van der Waals surface area (Å²) in [7, 11) is 0. The number of aromatic nitrogens is 1. The fourth-order valence-electron chi connectivity index (χ4n) is 2.72. The van der Waals surface area contributed by atoms with Gasteiger partial charge in [-0.05, 0) is 51.8 Å². The Kier molecular flexibility index (Phi) is 3.79. The lowest BCUT2D eigenvalue weighted by molar-refractivity contribution is 0.0945. The van der Waals surface area contributed by atoms with Crippen molar-refractivity contribution in [3.8, 4) is 0 Å². The molecular weight excluding hydrogens is 210 g/mol. The van der Waals surface area contributed by atoms with Gasteiger partial charge >= 0.3 is 0 Å². The van der Waals surface area contributed by atoms with Crippen LogP contribution in [-0.2, 0) is 0 Å². The minimum Gasteiger partial charge on any atom is -0.326 e. The van der Waals surface area contributed by atoms with Crippen molar-refractivity contribution < 1.29 is 0 Å². The number of hydrogen-bond acceptors (Lipinski definition) is 3. The average Bonchev–Trinajstić information content (AvgIpc) is 2.30. The minimum atomic E-state index is 0.232. The largest absolute Gasteiger partial charge is 0.326 e. The molecule has 1 fully saturated rings. The van der Waals surface area contributed by atoms with Crippen LogP contribution in [-0.4, -0.2) is 28.5 Å². The van der Waals surface area contributed by atoms with Gasteiger partial charge in [0.05, 0.1) is 6.04 Å². The van der Waals surface area contributed by atoms with E-state index in [-0.39, 0.29) is 6.04 Å². The minimum absolute atomic E-state index is 0.232. The number of piperidine rings is 1. The van der Waals surface area contributed by atoms with Crippen LogP contribution in [0.2, 0.25) is 0 Å². The summed E-state index contributed by atoms with van der Waals surface area (Å²) in [4.78, 5) is 6.90. The van der Waals surface area contributed by atoms with E-state index < -0.39 is 0 Å². The molecule has 2 rings (SSSR count). The third kappa shape index (κ3) is 2.67. The molecule has 1 saturated heterocycles. The highest BCUT2D eigenvalue weighted by atomic mass is 15.2. The SMILES string of the molecule is Cc1ccc(C2C(N)CCCN2C(C)C)cn1. The van der Waals surface area contributed by atoms with E-state index in [0.717, 1.165) is 18.7 Å². The molecule has 1 aliphatic rings. The van der Waals surface area contributed by atoms with Crippen molar-refractivity contribution in [1.82, 2.24) is 9.88 Å². The fraction of sp³-hybridized carbons (Fsp3) is 0.643. The maximum atomic E-state index is 6.31. The van der Waals surface area contributed by atoms with Crippen molar-refractivity contribution in [3.05, 3.63) is 29.6 Å². The van der Waals surface area contributed by atoms with Crippen molar-refractivity contribution in [2.45, 2.75) is 51.7 Å². The first kappa shape index (κ1) is 12.5. The van der Waals surface area contributed by atoms with Crippen LogP contribution in [0.1, 0.15) is 44.0 Å². The Morgan fingerprint density at radius 1 is 1.41 bits per heavy atom. The molecule has 0 bridgehead atoms. The number of nitrogens with zero attached hydrogens (tertiary/aromatic N) is 2. The Labute approximate surface area is 104 Å². The van der Waals surface area contributed by atoms with Crippen molar-refractivity contribution >= 4 is 0 Å². The first-order valence-electron chi connectivity index (χ1n) is 6.53. The zero-order valence-electron chi connectivity index (χ0n) is 11.1. The molecule has 0 aromatic carbocycles. The topological polar surface area (TPSA) is 42.1 Å². The summed E-state index contributed by atoms with van der Waals surface area (Å²) >= 11 is 0. The highest BCUT2D eigenvalue weighted by Crippen LogP contribution is 2.31. The second-order valence-corrected chi connectivity index (χ2v) is 5.32. The lowest BCUT2D eigenvalue weighted by Gasteiger charge is -2.42. The second-order valence-electron chi connectivity index (χ2n) is 5.32. The average molecular weight is 233 g/mol. The Balaban J connectivity index is 2.27. The zero-order chi connectivity index (χ0) is 12.4. The molecule has 1 aromatic heterocycles. The molecule has 1 aliphatic heterocycles. The molecule has 3 nitrogen and oxygen atoms in total. The van der Waals surface area contributed by atoms with Gasteiger partial charge in [0.15, 0.2) is 0 Å². The van der Waals surface area contributed by atoms with Gasteiger partial charge in [0, 0.05) is 24.0 Å². The summed E-state index contributed by atoms with van der Waals surface area (Å²) in [6.45, 7) is 7.65. The highest BCUT2D eigenvalue weighted by molar-refractivity contribution is 5.20. The van der Waals surface area contributed by atoms with Gasteiger partial charge in [-0.25, -0.2) is 0 Å². The van der Waals surface area contributed by atoms with E-state index >= 15 is 0 Å². The lowest BCUT2D eigenvalue weighted by Crippen LogP contribution is -2.48. The first-order chi connectivity index (χ1) is 8.09. The highest BCUT2D eigenvalue weighted by Gasteiger charge is 2.31. The molecule has 94 valence electrons. The third-order valence-electron chi connectivity index (χ3n) is 3.66. The van der Waals surface area contributed by atoms with Crippen molar-refractivity contribution in [3.63, 3.8) is 0 Å². The van der Waals surface area contributed by atoms with Crippen LogP contribution in [0.5, 0.6) is 0 Å². The van der Waals surface area contributed by atoms with E-state index in [1.54, 1.807) is 0 Å². The molecule has 0 aliphatic carbocycles. The summed E-state index contributed by atoms with van der Waals surface area (Å²) in [5.41, 5.74) is 8.63. The molecule has 2 heterocycles. The van der Waals surface area contributed by atoms with Crippen molar-refractivity contribution in [2.75, 3.05) is 6.54 Å². The van der Waals surface area contributed by atoms with E-state index in [1.165, 1.54) is 12.0 Å². The standard InChI is InChI=1S/C14H23N3/c1-10(2)17-8-4-5-13(15)14(17)12-7-6-11(3)16-9-12/h6-7,9-10,13-14H,4-5,8,15H2,1-3H3. The summed E-state index contributed by atoms with van der Waals surface area (Å²) in [5.74, 6) is 0. The second kappa shape index (κ2) is 5.15. The van der Waals surface area contributed by atoms with Gasteiger partial charge in [-0.15, -0.1) is 0 Å². The number of hydrogen-bond donors (Lipinski definition) is 1. The lowest BCUT2D eigenvalue weighted by atomic mass is 9.90. The van der Waals surface area contributed by atoms with Crippen LogP contribution < -0.4 is 5.73 Å². The van der Waals surface area contributed by atoms with E-state index in [0.29, 0.717) is 12.1 Å². The Bertz CT molecular complexity index is 358. The van der Waals surface area contributed by atoms with E-state index in [2.05, 4.69) is 35.9 Å². The van der Waals surface area contributed by atoms with Crippen molar-refractivity contribution in [1.29, 1.82) is 0 Å². The predicted octanol–water partition coefficient (Wildman–Crippen LogP) is 2.26. The first-order valence-corrected chi connectivity index (χ1v) is 6.53. The van der Waals surface area contributed by atoms with E-state index in [1.807, 2.05) is 13.1 Å². The van der Waals surface area contributed by atoms with Gasteiger partial charge in [-0.1, -0.05) is 6.07 Å². The smallest absolute Gasteiger partial charge is 0.0517 e. The fourth-order valence-corrected chi connectivity index (χ4v) is 2.72. The molecule has 2 atom stereocenters. The number of pyridine rings is 1. The van der Waals surface area contributed by atoms with E-state index in [4.69, 9.17) is 5.73 Å². The van der Waals surface area contributed by atoms with Crippen LogP contribution in [0, 0.1) is 6.92 Å². The Morgan fingerprint density at radius 3 is 2.76 bits per heavy atom. The number of likely N-dealkylation sites (tertiary alicyclic amines) is 1. The number of rotatable bonds is 2. The number of nitrogens with two attached hydrogens (primary N) is 1.